The van der Waals surface area contributed by atoms with E-state index in [1.807, 2.05) is 18.2 Å². The van der Waals surface area contributed by atoms with Crippen molar-refractivity contribution < 1.29 is 33.4 Å². The molecule has 1 fully saturated rings. The second-order valence-electron chi connectivity index (χ2n) is 8.59. The standard InChI is InChI=1S/C23H32N2O7/c1-6-30-19(27)17-14-23(20(28)31-7-2,24-21(29)32-22(3,4)5)15-25(17)18(26)13-16-11-9-8-10-12-16/h8-12,17H,6-7,13-15H2,1-5H3,(H,24,29)/t17-,23-/m1/s1. The van der Waals surface area contributed by atoms with Crippen molar-refractivity contribution in [3.05, 3.63) is 35.9 Å². The van der Waals surface area contributed by atoms with Crippen molar-refractivity contribution >= 4 is 23.9 Å². The van der Waals surface area contributed by atoms with Crippen LogP contribution < -0.4 is 5.32 Å². The Morgan fingerprint density at radius 1 is 1.06 bits per heavy atom. The fourth-order valence-electron chi connectivity index (χ4n) is 3.55. The van der Waals surface area contributed by atoms with Crippen LogP contribution in [0.2, 0.25) is 0 Å². The van der Waals surface area contributed by atoms with Gasteiger partial charge in [-0.25, -0.2) is 14.4 Å². The van der Waals surface area contributed by atoms with Crippen LogP contribution in [0.5, 0.6) is 0 Å². The van der Waals surface area contributed by atoms with Gasteiger partial charge < -0.3 is 24.4 Å². The number of alkyl carbamates (subject to hydrolysis) is 1. The van der Waals surface area contributed by atoms with E-state index < -0.39 is 35.2 Å². The number of carbonyl (C=O) groups is 4. The predicted octanol–water partition coefficient (Wildman–Crippen LogP) is 2.22. The Labute approximate surface area is 188 Å². The van der Waals surface area contributed by atoms with E-state index in [-0.39, 0.29) is 38.5 Å². The van der Waals surface area contributed by atoms with E-state index in [1.54, 1.807) is 46.8 Å². The van der Waals surface area contributed by atoms with E-state index in [1.165, 1.54) is 4.90 Å². The number of rotatable bonds is 7. The minimum absolute atomic E-state index is 0.0298. The van der Waals surface area contributed by atoms with Gasteiger partial charge in [0.15, 0.2) is 5.54 Å². The molecule has 0 spiro atoms. The molecule has 32 heavy (non-hydrogen) atoms. The Morgan fingerprint density at radius 2 is 1.69 bits per heavy atom. The first-order valence-corrected chi connectivity index (χ1v) is 10.7. The van der Waals surface area contributed by atoms with E-state index in [9.17, 15) is 19.2 Å². The van der Waals surface area contributed by atoms with Crippen LogP contribution in [0.25, 0.3) is 0 Å². The fraction of sp³-hybridized carbons (Fsp3) is 0.565. The molecular formula is C23H32N2O7. The number of hydrogen-bond acceptors (Lipinski definition) is 7. The van der Waals surface area contributed by atoms with Crippen LogP contribution in [0, 0.1) is 0 Å². The van der Waals surface area contributed by atoms with Gasteiger partial charge in [0, 0.05) is 6.42 Å². The van der Waals surface area contributed by atoms with Gasteiger partial charge in [0.2, 0.25) is 5.91 Å². The van der Waals surface area contributed by atoms with Crippen LogP contribution in [-0.2, 0) is 35.0 Å². The molecule has 176 valence electrons. The molecule has 1 saturated heterocycles. The molecule has 0 unspecified atom stereocenters. The summed E-state index contributed by atoms with van der Waals surface area (Å²) in [6.07, 6.45) is -0.988. The number of nitrogens with zero attached hydrogens (tertiary/aromatic N) is 1. The molecule has 9 heteroatoms. The zero-order chi connectivity index (χ0) is 23.9. The lowest BCUT2D eigenvalue weighted by atomic mass is 9.96. The molecule has 0 saturated carbocycles. The highest BCUT2D eigenvalue weighted by Crippen LogP contribution is 2.31. The molecule has 0 bridgehead atoms. The highest BCUT2D eigenvalue weighted by Gasteiger charge is 2.56. The Kier molecular flexibility index (Phi) is 8.24. The van der Waals surface area contributed by atoms with Gasteiger partial charge in [0.05, 0.1) is 26.2 Å². The number of carbonyl (C=O) groups excluding carboxylic acids is 4. The third kappa shape index (κ3) is 6.45. The fourth-order valence-corrected chi connectivity index (χ4v) is 3.55. The third-order valence-corrected chi connectivity index (χ3v) is 4.84. The molecule has 2 amide bonds. The maximum Gasteiger partial charge on any atom is 0.408 e. The number of benzene rings is 1. The Morgan fingerprint density at radius 3 is 2.25 bits per heavy atom. The highest BCUT2D eigenvalue weighted by molar-refractivity contribution is 5.93. The lowest BCUT2D eigenvalue weighted by Gasteiger charge is -2.29. The summed E-state index contributed by atoms with van der Waals surface area (Å²) in [5.41, 5.74) is -1.68. The van der Waals surface area contributed by atoms with Crippen LogP contribution in [0.4, 0.5) is 4.79 Å². The summed E-state index contributed by atoms with van der Waals surface area (Å²) < 4.78 is 15.7. The third-order valence-electron chi connectivity index (χ3n) is 4.84. The summed E-state index contributed by atoms with van der Waals surface area (Å²) in [7, 11) is 0. The smallest absolute Gasteiger partial charge is 0.408 e. The second kappa shape index (κ2) is 10.5. The van der Waals surface area contributed by atoms with Crippen LogP contribution in [0.3, 0.4) is 0 Å². The molecule has 1 aromatic rings. The minimum atomic E-state index is -1.64. The van der Waals surface area contributed by atoms with Gasteiger partial charge >= 0.3 is 18.0 Å². The summed E-state index contributed by atoms with van der Waals surface area (Å²) in [5, 5.41) is 2.57. The number of amides is 2. The van der Waals surface area contributed by atoms with Gasteiger partial charge in [-0.2, -0.15) is 0 Å². The maximum atomic E-state index is 13.1. The zero-order valence-electron chi connectivity index (χ0n) is 19.3. The second-order valence-corrected chi connectivity index (χ2v) is 8.59. The average molecular weight is 449 g/mol. The molecule has 1 aromatic carbocycles. The van der Waals surface area contributed by atoms with E-state index in [0.717, 1.165) is 5.56 Å². The molecular weight excluding hydrogens is 416 g/mol. The van der Waals surface area contributed by atoms with Crippen LogP contribution in [-0.4, -0.2) is 65.8 Å². The monoisotopic (exact) mass is 448 g/mol. The summed E-state index contributed by atoms with van der Waals surface area (Å²) >= 11 is 0. The SMILES string of the molecule is CCOC(=O)[C@H]1C[C@](NC(=O)OC(C)(C)C)(C(=O)OCC)CN1C(=O)Cc1ccccc1. The van der Waals surface area contributed by atoms with E-state index in [0.29, 0.717) is 0 Å². The van der Waals surface area contributed by atoms with E-state index in [4.69, 9.17) is 14.2 Å². The molecule has 9 nitrogen and oxygen atoms in total. The first-order chi connectivity index (χ1) is 15.0. The first-order valence-electron chi connectivity index (χ1n) is 10.7. The molecule has 1 N–H and O–H groups in total. The minimum Gasteiger partial charge on any atom is -0.464 e. The molecule has 1 aliphatic heterocycles. The Balaban J connectivity index is 2.36. The van der Waals surface area contributed by atoms with Crippen molar-refractivity contribution in [2.45, 2.75) is 64.6 Å². The lowest BCUT2D eigenvalue weighted by Crippen LogP contribution is -2.58. The van der Waals surface area contributed by atoms with Crippen LogP contribution >= 0.6 is 0 Å². The molecule has 2 rings (SSSR count). The Bertz CT molecular complexity index is 834. The van der Waals surface area contributed by atoms with Crippen LogP contribution in [0.1, 0.15) is 46.6 Å². The largest absolute Gasteiger partial charge is 0.464 e. The number of ether oxygens (including phenoxy) is 3. The van der Waals surface area contributed by atoms with Gasteiger partial charge in [-0.15, -0.1) is 0 Å². The molecule has 0 aromatic heterocycles. The molecule has 1 aliphatic rings. The number of likely N-dealkylation sites (tertiary alicyclic amines) is 1. The van der Waals surface area contributed by atoms with Gasteiger partial charge in [-0.05, 0) is 40.2 Å². The van der Waals surface area contributed by atoms with E-state index in [2.05, 4.69) is 5.32 Å². The number of esters is 2. The molecule has 0 radical (unpaired) electrons. The normalized spacial score (nSPS) is 20.4. The van der Waals surface area contributed by atoms with Crippen LogP contribution in [0.15, 0.2) is 30.3 Å². The van der Waals surface area contributed by atoms with Gasteiger partial charge in [-0.1, -0.05) is 30.3 Å². The summed E-state index contributed by atoms with van der Waals surface area (Å²) in [6.45, 7) is 8.30. The van der Waals surface area contributed by atoms with Crippen molar-refractivity contribution in [1.29, 1.82) is 0 Å². The number of nitrogens with one attached hydrogen (secondary N) is 1. The van der Waals surface area contributed by atoms with Crippen molar-refractivity contribution in [2.75, 3.05) is 19.8 Å². The van der Waals surface area contributed by atoms with Gasteiger partial charge in [-0.3, -0.25) is 4.79 Å². The van der Waals surface area contributed by atoms with Crippen molar-refractivity contribution in [3.8, 4) is 0 Å². The topological polar surface area (TPSA) is 111 Å². The Hall–Kier alpha value is -3.10. The summed E-state index contributed by atoms with van der Waals surface area (Å²) in [5.74, 6) is -1.76. The molecule has 1 heterocycles. The quantitative estimate of drug-likeness (QED) is 0.503. The predicted molar refractivity (Wildman–Crippen MR) is 116 cm³/mol. The van der Waals surface area contributed by atoms with Gasteiger partial charge in [0.1, 0.15) is 11.6 Å². The maximum absolute atomic E-state index is 13.1. The summed E-state index contributed by atoms with van der Waals surface area (Å²) in [4.78, 5) is 52.6. The summed E-state index contributed by atoms with van der Waals surface area (Å²) in [6, 6.07) is 7.99. The molecule has 0 aliphatic carbocycles. The van der Waals surface area contributed by atoms with Gasteiger partial charge in [0.25, 0.3) is 0 Å². The highest BCUT2D eigenvalue weighted by atomic mass is 16.6. The molecule has 2 atom stereocenters. The van der Waals surface area contributed by atoms with Crippen molar-refractivity contribution in [2.24, 2.45) is 0 Å². The number of hydrogen-bond donors (Lipinski definition) is 1. The zero-order valence-corrected chi connectivity index (χ0v) is 19.3. The first kappa shape index (κ1) is 25.2. The van der Waals surface area contributed by atoms with Crippen molar-refractivity contribution in [1.82, 2.24) is 10.2 Å². The van der Waals surface area contributed by atoms with E-state index >= 15 is 0 Å². The lowest BCUT2D eigenvalue weighted by molar-refractivity contribution is -0.152. The average Bonchev–Trinajstić information content (AvgIpc) is 3.08. The van der Waals surface area contributed by atoms with Crippen molar-refractivity contribution in [3.63, 3.8) is 0 Å².